The van der Waals surface area contributed by atoms with E-state index >= 15 is 0 Å². The zero-order valence-corrected chi connectivity index (χ0v) is 11.4. The monoisotopic (exact) mass is 281 g/mol. The Labute approximate surface area is 117 Å². The Balaban J connectivity index is 2.37. The highest BCUT2D eigenvalue weighted by molar-refractivity contribution is 5.97. The maximum Gasteiger partial charge on any atom is 0.303 e. The molecule has 0 saturated heterocycles. The maximum atomic E-state index is 11.9. The molecule has 0 saturated carbocycles. The fraction of sp³-hybridized carbons (Fsp3) is 0.429. The molecule has 0 heterocycles. The molecular weight excluding hydrogens is 262 g/mol. The molecule has 6 heteroatoms. The first kappa shape index (κ1) is 15.8. The molecule has 20 heavy (non-hydrogen) atoms. The number of phenolic OH excluding ortho intramolecular Hbond substituents is 1. The molecule has 0 fully saturated rings. The van der Waals surface area contributed by atoms with E-state index in [0.29, 0.717) is 25.1 Å². The molecule has 110 valence electrons. The Kier molecular flexibility index (Phi) is 6.36. The topological polar surface area (TPSA) is 95.9 Å². The number of carboxylic acids is 1. The van der Waals surface area contributed by atoms with Gasteiger partial charge in [-0.1, -0.05) is 6.42 Å². The molecule has 0 bridgehead atoms. The third kappa shape index (κ3) is 5.17. The van der Waals surface area contributed by atoms with Crippen LogP contribution in [0.2, 0.25) is 0 Å². The van der Waals surface area contributed by atoms with Gasteiger partial charge in [0, 0.05) is 13.0 Å². The van der Waals surface area contributed by atoms with Crippen molar-refractivity contribution in [2.24, 2.45) is 0 Å². The Morgan fingerprint density at radius 1 is 1.25 bits per heavy atom. The van der Waals surface area contributed by atoms with E-state index in [2.05, 4.69) is 5.32 Å². The Morgan fingerprint density at radius 3 is 2.65 bits per heavy atom. The van der Waals surface area contributed by atoms with Gasteiger partial charge in [0.25, 0.3) is 5.91 Å². The summed E-state index contributed by atoms with van der Waals surface area (Å²) in [5.41, 5.74) is 0.162. The van der Waals surface area contributed by atoms with Gasteiger partial charge in [-0.05, 0) is 31.0 Å². The number of hydrogen-bond acceptors (Lipinski definition) is 4. The number of aliphatic carboxylic acids is 1. The molecule has 0 aliphatic rings. The van der Waals surface area contributed by atoms with Crippen LogP contribution in [0.5, 0.6) is 11.5 Å². The zero-order valence-electron chi connectivity index (χ0n) is 11.4. The Hall–Kier alpha value is -2.24. The van der Waals surface area contributed by atoms with Gasteiger partial charge in [0.15, 0.2) is 0 Å². The second-order valence-corrected chi connectivity index (χ2v) is 4.34. The first-order valence-electron chi connectivity index (χ1n) is 6.41. The van der Waals surface area contributed by atoms with Crippen LogP contribution in [0, 0.1) is 0 Å². The molecule has 1 amide bonds. The van der Waals surface area contributed by atoms with Crippen LogP contribution in [-0.4, -0.2) is 35.7 Å². The van der Waals surface area contributed by atoms with Crippen LogP contribution in [0.15, 0.2) is 18.2 Å². The molecule has 0 spiro atoms. The third-order valence-corrected chi connectivity index (χ3v) is 2.80. The molecule has 0 unspecified atom stereocenters. The highest BCUT2D eigenvalue weighted by atomic mass is 16.5. The van der Waals surface area contributed by atoms with Crippen LogP contribution in [0.3, 0.4) is 0 Å². The molecular formula is C14H19NO5. The van der Waals surface area contributed by atoms with Crippen molar-refractivity contribution in [1.82, 2.24) is 5.32 Å². The quantitative estimate of drug-likeness (QED) is 0.631. The number of ether oxygens (including phenoxy) is 1. The first-order valence-corrected chi connectivity index (χ1v) is 6.41. The van der Waals surface area contributed by atoms with Gasteiger partial charge in [-0.3, -0.25) is 9.59 Å². The molecule has 0 aromatic heterocycles. The summed E-state index contributed by atoms with van der Waals surface area (Å²) in [5, 5.41) is 20.8. The molecule has 0 aliphatic heterocycles. The first-order chi connectivity index (χ1) is 9.54. The number of aromatic hydroxyl groups is 1. The van der Waals surface area contributed by atoms with Crippen molar-refractivity contribution < 1.29 is 24.5 Å². The van der Waals surface area contributed by atoms with Crippen molar-refractivity contribution >= 4 is 11.9 Å². The summed E-state index contributed by atoms with van der Waals surface area (Å²) in [7, 11) is 1.48. The highest BCUT2D eigenvalue weighted by Crippen LogP contribution is 2.22. The zero-order chi connectivity index (χ0) is 15.0. The lowest BCUT2D eigenvalue weighted by Gasteiger charge is -2.08. The molecule has 0 aliphatic carbocycles. The molecule has 6 nitrogen and oxygen atoms in total. The van der Waals surface area contributed by atoms with Crippen LogP contribution in [0.1, 0.15) is 36.0 Å². The van der Waals surface area contributed by atoms with E-state index < -0.39 is 5.97 Å². The molecule has 1 aromatic carbocycles. The minimum absolute atomic E-state index is 0.103. The standard InChI is InChI=1S/C14H19NO5/c1-20-10-6-7-12(16)11(9-10)14(19)15-8-4-2-3-5-13(17)18/h6-7,9,16H,2-5,8H2,1H3,(H,15,19)(H,17,18). The van der Waals surface area contributed by atoms with Crippen LogP contribution < -0.4 is 10.1 Å². The van der Waals surface area contributed by atoms with Crippen molar-refractivity contribution in [3.63, 3.8) is 0 Å². The van der Waals surface area contributed by atoms with Crippen molar-refractivity contribution in [2.45, 2.75) is 25.7 Å². The minimum atomic E-state index is -0.810. The van der Waals surface area contributed by atoms with Crippen molar-refractivity contribution in [3.05, 3.63) is 23.8 Å². The maximum absolute atomic E-state index is 11.9. The summed E-state index contributed by atoms with van der Waals surface area (Å²) in [6.45, 7) is 0.440. The number of carbonyl (C=O) groups excluding carboxylic acids is 1. The Morgan fingerprint density at radius 2 is 2.00 bits per heavy atom. The number of rotatable bonds is 8. The van der Waals surface area contributed by atoms with Gasteiger partial charge in [0.05, 0.1) is 12.7 Å². The van der Waals surface area contributed by atoms with Gasteiger partial charge in [0.2, 0.25) is 0 Å². The third-order valence-electron chi connectivity index (χ3n) is 2.80. The van der Waals surface area contributed by atoms with E-state index in [-0.39, 0.29) is 23.6 Å². The SMILES string of the molecule is COc1ccc(O)c(C(=O)NCCCCCC(=O)O)c1. The van der Waals surface area contributed by atoms with Crippen LogP contribution in [-0.2, 0) is 4.79 Å². The lowest BCUT2D eigenvalue weighted by atomic mass is 10.1. The normalized spacial score (nSPS) is 10.1. The number of phenols is 1. The van der Waals surface area contributed by atoms with Crippen LogP contribution in [0.25, 0.3) is 0 Å². The number of unbranched alkanes of at least 4 members (excludes halogenated alkanes) is 2. The van der Waals surface area contributed by atoms with Crippen LogP contribution >= 0.6 is 0 Å². The number of carboxylic acid groups (broad SMARTS) is 1. The average Bonchev–Trinajstić information content (AvgIpc) is 2.42. The number of methoxy groups -OCH3 is 1. The van der Waals surface area contributed by atoms with E-state index in [4.69, 9.17) is 9.84 Å². The van der Waals surface area contributed by atoms with Crippen LogP contribution in [0.4, 0.5) is 0 Å². The fourth-order valence-electron chi connectivity index (χ4n) is 1.70. The summed E-state index contributed by atoms with van der Waals surface area (Å²) in [5.74, 6) is -0.793. The number of nitrogens with one attached hydrogen (secondary N) is 1. The number of amides is 1. The lowest BCUT2D eigenvalue weighted by molar-refractivity contribution is -0.137. The minimum Gasteiger partial charge on any atom is -0.507 e. The number of carbonyl (C=O) groups is 2. The lowest BCUT2D eigenvalue weighted by Crippen LogP contribution is -2.24. The van der Waals surface area contributed by atoms with Gasteiger partial charge in [0.1, 0.15) is 11.5 Å². The van der Waals surface area contributed by atoms with Gasteiger partial charge in [-0.2, -0.15) is 0 Å². The predicted molar refractivity (Wildman–Crippen MR) is 73.1 cm³/mol. The predicted octanol–water partition coefficient (Wildman–Crippen LogP) is 1.78. The van der Waals surface area contributed by atoms with E-state index in [9.17, 15) is 14.7 Å². The number of benzene rings is 1. The van der Waals surface area contributed by atoms with Crippen molar-refractivity contribution in [1.29, 1.82) is 0 Å². The van der Waals surface area contributed by atoms with Crippen molar-refractivity contribution in [2.75, 3.05) is 13.7 Å². The highest BCUT2D eigenvalue weighted by Gasteiger charge is 2.11. The van der Waals surface area contributed by atoms with Gasteiger partial charge in [-0.25, -0.2) is 0 Å². The summed E-state index contributed by atoms with van der Waals surface area (Å²) < 4.78 is 4.99. The van der Waals surface area contributed by atoms with E-state index in [1.807, 2.05) is 0 Å². The molecule has 0 radical (unpaired) electrons. The largest absolute Gasteiger partial charge is 0.507 e. The van der Waals surface area contributed by atoms with Gasteiger partial charge >= 0.3 is 5.97 Å². The van der Waals surface area contributed by atoms with E-state index in [0.717, 1.165) is 6.42 Å². The van der Waals surface area contributed by atoms with Crippen molar-refractivity contribution in [3.8, 4) is 11.5 Å². The molecule has 0 atom stereocenters. The smallest absolute Gasteiger partial charge is 0.303 e. The average molecular weight is 281 g/mol. The van der Waals surface area contributed by atoms with Gasteiger partial charge < -0.3 is 20.3 Å². The molecule has 1 aromatic rings. The van der Waals surface area contributed by atoms with E-state index in [1.54, 1.807) is 6.07 Å². The molecule has 1 rings (SSSR count). The summed E-state index contributed by atoms with van der Waals surface area (Å²) >= 11 is 0. The second-order valence-electron chi connectivity index (χ2n) is 4.34. The second kappa shape index (κ2) is 8.04. The molecule has 3 N–H and O–H groups in total. The van der Waals surface area contributed by atoms with Gasteiger partial charge in [-0.15, -0.1) is 0 Å². The van der Waals surface area contributed by atoms with E-state index in [1.165, 1.54) is 19.2 Å². The Bertz CT molecular complexity index is 473. The summed E-state index contributed by atoms with van der Waals surface area (Å²) in [6, 6.07) is 4.44. The summed E-state index contributed by atoms with van der Waals surface area (Å²) in [4.78, 5) is 22.2. The summed E-state index contributed by atoms with van der Waals surface area (Å²) in [6.07, 6.45) is 2.17. The number of hydrogen-bond donors (Lipinski definition) is 3. The fourth-order valence-corrected chi connectivity index (χ4v) is 1.70.